The first kappa shape index (κ1) is 20.8. The van der Waals surface area contributed by atoms with Crippen molar-refractivity contribution in [3.8, 4) is 17.1 Å². The van der Waals surface area contributed by atoms with Crippen molar-refractivity contribution < 1.29 is 9.53 Å². The van der Waals surface area contributed by atoms with Crippen LogP contribution in [0.25, 0.3) is 11.4 Å². The van der Waals surface area contributed by atoms with Crippen LogP contribution in [0.2, 0.25) is 0 Å². The number of amides is 1. The number of ether oxygens (including phenoxy) is 1. The van der Waals surface area contributed by atoms with E-state index in [0.29, 0.717) is 17.0 Å². The number of nitrogens with two attached hydrogens (primary N) is 1. The second-order valence-electron chi connectivity index (χ2n) is 7.56. The summed E-state index contributed by atoms with van der Waals surface area (Å²) in [6.07, 6.45) is 4.77. The Morgan fingerprint density at radius 2 is 1.72 bits per heavy atom. The van der Waals surface area contributed by atoms with Crippen LogP contribution in [-0.2, 0) is 12.0 Å². The van der Waals surface area contributed by atoms with E-state index in [0.717, 1.165) is 16.2 Å². The zero-order chi connectivity index (χ0) is 21.0. The molecule has 0 aliphatic carbocycles. The van der Waals surface area contributed by atoms with Crippen LogP contribution in [0.5, 0.6) is 5.75 Å². The van der Waals surface area contributed by atoms with Gasteiger partial charge in [0.15, 0.2) is 5.82 Å². The first-order chi connectivity index (χ1) is 13.8. The van der Waals surface area contributed by atoms with Crippen LogP contribution in [0.1, 0.15) is 42.3 Å². The molecule has 0 saturated heterocycles. The van der Waals surface area contributed by atoms with Crippen molar-refractivity contribution in [2.45, 2.75) is 37.7 Å². The summed E-state index contributed by atoms with van der Waals surface area (Å²) in [5.41, 5.74) is 8.69. The first-order valence-electron chi connectivity index (χ1n) is 9.16. The largest absolute Gasteiger partial charge is 0.489 e. The molecule has 1 heterocycles. The third kappa shape index (κ3) is 4.74. The predicted molar refractivity (Wildman–Crippen MR) is 115 cm³/mol. The second-order valence-corrected chi connectivity index (χ2v) is 8.41. The van der Waals surface area contributed by atoms with E-state index in [1.54, 1.807) is 17.8 Å². The highest BCUT2D eigenvalue weighted by Crippen LogP contribution is 2.33. The summed E-state index contributed by atoms with van der Waals surface area (Å²) in [6, 6.07) is 11.6. The lowest BCUT2D eigenvalue weighted by molar-refractivity contribution is 0.100. The normalized spacial score (nSPS) is 11.3. The number of carbonyl (C=O) groups excluding carboxylic acids is 1. The van der Waals surface area contributed by atoms with E-state index in [2.05, 4.69) is 47.9 Å². The van der Waals surface area contributed by atoms with E-state index in [1.165, 1.54) is 18.2 Å². The van der Waals surface area contributed by atoms with Crippen molar-refractivity contribution >= 4 is 17.7 Å². The summed E-state index contributed by atoms with van der Waals surface area (Å²) >= 11 is 1.56. The monoisotopic (exact) mass is 408 g/mol. The highest BCUT2D eigenvalue weighted by atomic mass is 32.2. The van der Waals surface area contributed by atoms with Gasteiger partial charge in [0.25, 0.3) is 0 Å². The summed E-state index contributed by atoms with van der Waals surface area (Å²) < 4.78 is 6.06. The molecule has 0 saturated carbocycles. The third-order valence-electron chi connectivity index (χ3n) is 4.58. The smallest absolute Gasteiger partial charge is 0.249 e. The zero-order valence-electron chi connectivity index (χ0n) is 17.0. The van der Waals surface area contributed by atoms with Gasteiger partial charge in [-0.2, -0.15) is 0 Å². The molecular formula is C22H24N4O2S. The van der Waals surface area contributed by atoms with Gasteiger partial charge in [-0.25, -0.2) is 15.0 Å². The van der Waals surface area contributed by atoms with Gasteiger partial charge in [0.1, 0.15) is 25.0 Å². The van der Waals surface area contributed by atoms with E-state index in [-0.39, 0.29) is 12.0 Å². The standard InChI is InChI=1S/C22H24N4O2S/c1-22(2,3)14-5-7-15(8-6-14)28-11-17-18(29-4)10-9-16(20(23)27)19(17)21-25-12-24-13-26-21/h5-10,12-13H,11H2,1-4H3,(H2,23,27). The molecule has 0 fully saturated rings. The molecule has 0 aliphatic rings. The number of hydrogen-bond donors (Lipinski definition) is 1. The maximum absolute atomic E-state index is 12.1. The van der Waals surface area contributed by atoms with Gasteiger partial charge in [0.2, 0.25) is 5.91 Å². The lowest BCUT2D eigenvalue weighted by Gasteiger charge is -2.20. The SMILES string of the molecule is CSc1ccc(C(N)=O)c(-c2ncncn2)c1COc1ccc(C(C)(C)C)cc1. The van der Waals surface area contributed by atoms with E-state index in [9.17, 15) is 4.79 Å². The molecule has 0 atom stereocenters. The molecule has 0 bridgehead atoms. The number of thioether (sulfide) groups is 1. The number of carbonyl (C=O) groups is 1. The van der Waals surface area contributed by atoms with E-state index >= 15 is 0 Å². The molecular weight excluding hydrogens is 384 g/mol. The minimum Gasteiger partial charge on any atom is -0.489 e. The Labute approximate surface area is 174 Å². The van der Waals surface area contributed by atoms with Crippen LogP contribution in [-0.4, -0.2) is 27.1 Å². The van der Waals surface area contributed by atoms with Gasteiger partial charge >= 0.3 is 0 Å². The average molecular weight is 409 g/mol. The molecule has 1 amide bonds. The fraction of sp³-hybridized carbons (Fsp3) is 0.273. The van der Waals surface area contributed by atoms with Crippen LogP contribution in [0.15, 0.2) is 53.9 Å². The molecule has 7 heteroatoms. The van der Waals surface area contributed by atoms with Crippen molar-refractivity contribution in [3.63, 3.8) is 0 Å². The molecule has 3 aromatic rings. The molecule has 0 radical (unpaired) electrons. The molecule has 3 rings (SSSR count). The number of benzene rings is 2. The summed E-state index contributed by atoms with van der Waals surface area (Å²) in [5, 5.41) is 0. The van der Waals surface area contributed by atoms with Gasteiger partial charge in [-0.1, -0.05) is 32.9 Å². The number of aromatic nitrogens is 3. The number of hydrogen-bond acceptors (Lipinski definition) is 6. The van der Waals surface area contributed by atoms with E-state index in [4.69, 9.17) is 10.5 Å². The van der Waals surface area contributed by atoms with Crippen molar-refractivity contribution in [1.82, 2.24) is 15.0 Å². The van der Waals surface area contributed by atoms with E-state index < -0.39 is 5.91 Å². The highest BCUT2D eigenvalue weighted by molar-refractivity contribution is 7.98. The van der Waals surface area contributed by atoms with Crippen LogP contribution < -0.4 is 10.5 Å². The van der Waals surface area contributed by atoms with Gasteiger partial charge in [-0.05, 0) is 41.5 Å². The lowest BCUT2D eigenvalue weighted by atomic mass is 9.87. The summed E-state index contributed by atoms with van der Waals surface area (Å²) in [6.45, 7) is 6.77. The Balaban J connectivity index is 1.99. The van der Waals surface area contributed by atoms with Gasteiger partial charge in [-0.3, -0.25) is 4.79 Å². The molecule has 0 unspecified atom stereocenters. The fourth-order valence-electron chi connectivity index (χ4n) is 3.00. The summed E-state index contributed by atoms with van der Waals surface area (Å²) in [5.74, 6) is 0.603. The maximum Gasteiger partial charge on any atom is 0.249 e. The fourth-order valence-corrected chi connectivity index (χ4v) is 3.61. The Hall–Kier alpha value is -2.93. The van der Waals surface area contributed by atoms with Crippen molar-refractivity contribution in [3.05, 3.63) is 65.7 Å². The quantitative estimate of drug-likeness (QED) is 0.614. The minimum absolute atomic E-state index is 0.0756. The maximum atomic E-state index is 12.1. The number of primary amides is 1. The van der Waals surface area contributed by atoms with Crippen molar-refractivity contribution in [2.24, 2.45) is 5.73 Å². The Morgan fingerprint density at radius 3 is 2.28 bits per heavy atom. The van der Waals surface area contributed by atoms with Crippen LogP contribution in [0.4, 0.5) is 0 Å². The highest BCUT2D eigenvalue weighted by Gasteiger charge is 2.21. The van der Waals surface area contributed by atoms with Crippen LogP contribution >= 0.6 is 11.8 Å². The number of nitrogens with zero attached hydrogens (tertiary/aromatic N) is 3. The molecule has 0 aliphatic heterocycles. The first-order valence-corrected chi connectivity index (χ1v) is 10.4. The molecule has 6 nitrogen and oxygen atoms in total. The van der Waals surface area contributed by atoms with E-state index in [1.807, 2.05) is 24.5 Å². The Bertz CT molecular complexity index is 1000. The number of rotatable bonds is 6. The lowest BCUT2D eigenvalue weighted by Crippen LogP contribution is -2.15. The molecule has 29 heavy (non-hydrogen) atoms. The molecule has 1 aromatic heterocycles. The minimum atomic E-state index is -0.538. The van der Waals surface area contributed by atoms with Gasteiger partial charge in [0.05, 0.1) is 5.56 Å². The third-order valence-corrected chi connectivity index (χ3v) is 5.40. The van der Waals surface area contributed by atoms with Gasteiger partial charge in [0, 0.05) is 16.0 Å². The predicted octanol–water partition coefficient (Wildman–Crippen LogP) is 4.24. The van der Waals surface area contributed by atoms with Crippen LogP contribution in [0.3, 0.4) is 0 Å². The molecule has 2 aromatic carbocycles. The van der Waals surface area contributed by atoms with Gasteiger partial charge < -0.3 is 10.5 Å². The summed E-state index contributed by atoms with van der Waals surface area (Å²) in [4.78, 5) is 25.3. The Kier molecular flexibility index (Phi) is 6.17. The molecule has 0 spiro atoms. The van der Waals surface area contributed by atoms with Crippen LogP contribution in [0, 0.1) is 0 Å². The second kappa shape index (κ2) is 8.61. The zero-order valence-corrected chi connectivity index (χ0v) is 17.8. The topological polar surface area (TPSA) is 91.0 Å². The molecule has 2 N–H and O–H groups in total. The Morgan fingerprint density at radius 1 is 1.07 bits per heavy atom. The molecule has 150 valence electrons. The summed E-state index contributed by atoms with van der Waals surface area (Å²) in [7, 11) is 0. The average Bonchev–Trinajstić information content (AvgIpc) is 2.71. The van der Waals surface area contributed by atoms with Crippen molar-refractivity contribution in [2.75, 3.05) is 6.26 Å². The van der Waals surface area contributed by atoms with Crippen molar-refractivity contribution in [1.29, 1.82) is 0 Å². The van der Waals surface area contributed by atoms with Gasteiger partial charge in [-0.15, -0.1) is 11.8 Å².